The number of nitrogens with zero attached hydrogens (tertiary/aromatic N) is 2. The van der Waals surface area contributed by atoms with E-state index in [1.54, 1.807) is 28.0 Å². The van der Waals surface area contributed by atoms with Crippen LogP contribution in [0.4, 0.5) is 13.2 Å². The predicted octanol–water partition coefficient (Wildman–Crippen LogP) is 4.69. The lowest BCUT2D eigenvalue weighted by atomic mass is 9.91. The highest BCUT2D eigenvalue weighted by Crippen LogP contribution is 2.40. The fourth-order valence-corrected chi connectivity index (χ4v) is 3.89. The second-order valence-electron chi connectivity index (χ2n) is 7.81. The minimum atomic E-state index is -4.52. The maximum absolute atomic E-state index is 13.8. The molecule has 1 saturated heterocycles. The number of aryl methyl sites for hydroxylation is 2. The molecule has 0 bridgehead atoms. The normalized spacial score (nSPS) is 14.9. The quantitative estimate of drug-likeness (QED) is 0.663. The van der Waals surface area contributed by atoms with Gasteiger partial charge in [0.1, 0.15) is 0 Å². The summed E-state index contributed by atoms with van der Waals surface area (Å²) in [6.07, 6.45) is -1.77. The molecule has 0 saturated carbocycles. The standard InChI is InChI=1S/C24H25F3N2O2/c1-16-13-17(2)15-20(14-16)23-19(5-4-6-21(23)24(25,26)27)7-8-22(31)29-11-9-28(10-12-29)18(3)30/h4-8,13-15H,9-12H2,1-3H3/b8-7+. The number of benzene rings is 2. The average Bonchev–Trinajstić information content (AvgIpc) is 2.70. The topological polar surface area (TPSA) is 40.6 Å². The highest BCUT2D eigenvalue weighted by Gasteiger charge is 2.34. The van der Waals surface area contributed by atoms with Crippen LogP contribution in [-0.2, 0) is 15.8 Å². The molecule has 0 aliphatic carbocycles. The van der Waals surface area contributed by atoms with Crippen LogP contribution in [0.1, 0.15) is 29.2 Å². The van der Waals surface area contributed by atoms with Crippen LogP contribution in [0.2, 0.25) is 0 Å². The number of piperazine rings is 1. The van der Waals surface area contributed by atoms with Crippen molar-refractivity contribution >= 4 is 17.9 Å². The highest BCUT2D eigenvalue weighted by atomic mass is 19.4. The molecule has 2 aromatic rings. The molecule has 1 aliphatic heterocycles. The first-order valence-electron chi connectivity index (χ1n) is 10.1. The lowest BCUT2D eigenvalue weighted by Gasteiger charge is -2.33. The molecule has 2 aromatic carbocycles. The van der Waals surface area contributed by atoms with Crippen LogP contribution in [0, 0.1) is 13.8 Å². The van der Waals surface area contributed by atoms with Crippen molar-refractivity contribution in [3.63, 3.8) is 0 Å². The first-order chi connectivity index (χ1) is 14.6. The van der Waals surface area contributed by atoms with E-state index in [2.05, 4.69) is 0 Å². The van der Waals surface area contributed by atoms with Crippen molar-refractivity contribution in [1.82, 2.24) is 9.80 Å². The van der Waals surface area contributed by atoms with E-state index in [0.717, 1.165) is 17.2 Å². The van der Waals surface area contributed by atoms with Gasteiger partial charge in [-0.25, -0.2) is 0 Å². The summed E-state index contributed by atoms with van der Waals surface area (Å²) in [5, 5.41) is 0. The van der Waals surface area contributed by atoms with E-state index in [9.17, 15) is 22.8 Å². The molecule has 0 N–H and O–H groups in total. The first-order valence-corrected chi connectivity index (χ1v) is 10.1. The van der Waals surface area contributed by atoms with Gasteiger partial charge in [-0.3, -0.25) is 9.59 Å². The summed E-state index contributed by atoms with van der Waals surface area (Å²) in [6.45, 7) is 6.86. The van der Waals surface area contributed by atoms with Crippen molar-refractivity contribution in [1.29, 1.82) is 0 Å². The van der Waals surface area contributed by atoms with Crippen molar-refractivity contribution in [3.8, 4) is 11.1 Å². The second-order valence-corrected chi connectivity index (χ2v) is 7.81. The molecule has 4 nitrogen and oxygen atoms in total. The van der Waals surface area contributed by atoms with Crippen molar-refractivity contribution < 1.29 is 22.8 Å². The zero-order valence-corrected chi connectivity index (χ0v) is 17.8. The molecule has 1 fully saturated rings. The number of amides is 2. The summed E-state index contributed by atoms with van der Waals surface area (Å²) in [7, 11) is 0. The third kappa shape index (κ3) is 5.34. The highest BCUT2D eigenvalue weighted by molar-refractivity contribution is 5.93. The van der Waals surface area contributed by atoms with Crippen LogP contribution >= 0.6 is 0 Å². The Balaban J connectivity index is 1.94. The van der Waals surface area contributed by atoms with Crippen LogP contribution < -0.4 is 0 Å². The van der Waals surface area contributed by atoms with Gasteiger partial charge in [-0.2, -0.15) is 13.2 Å². The third-order valence-corrected chi connectivity index (χ3v) is 5.35. The summed E-state index contributed by atoms with van der Waals surface area (Å²) in [5.74, 6) is -0.323. The Morgan fingerprint density at radius 3 is 2.06 bits per heavy atom. The Morgan fingerprint density at radius 1 is 0.935 bits per heavy atom. The van der Waals surface area contributed by atoms with Crippen LogP contribution in [0.5, 0.6) is 0 Å². The number of carbonyl (C=O) groups is 2. The Hall–Kier alpha value is -3.09. The Bertz CT molecular complexity index is 1000. The van der Waals surface area contributed by atoms with Crippen molar-refractivity contribution in [2.75, 3.05) is 26.2 Å². The Labute approximate surface area is 180 Å². The zero-order valence-electron chi connectivity index (χ0n) is 17.8. The molecule has 3 rings (SSSR count). The first kappa shape index (κ1) is 22.6. The minimum absolute atomic E-state index is 0.0373. The minimum Gasteiger partial charge on any atom is -0.339 e. The molecule has 0 spiro atoms. The Morgan fingerprint density at radius 2 is 1.52 bits per heavy atom. The van der Waals surface area contributed by atoms with Crippen molar-refractivity contribution in [2.45, 2.75) is 26.9 Å². The van der Waals surface area contributed by atoms with E-state index in [0.29, 0.717) is 37.3 Å². The van der Waals surface area contributed by atoms with E-state index in [4.69, 9.17) is 0 Å². The second kappa shape index (κ2) is 8.96. The van der Waals surface area contributed by atoms with Gasteiger partial charge in [0.2, 0.25) is 11.8 Å². The van der Waals surface area contributed by atoms with Gasteiger partial charge < -0.3 is 9.80 Å². The summed E-state index contributed by atoms with van der Waals surface area (Å²) < 4.78 is 41.3. The molecule has 0 unspecified atom stereocenters. The summed E-state index contributed by atoms with van der Waals surface area (Å²) in [5.41, 5.74) is 1.85. The number of alkyl halides is 3. The molecule has 0 aromatic heterocycles. The number of rotatable bonds is 3. The molecule has 0 atom stereocenters. The molecule has 0 radical (unpaired) electrons. The van der Waals surface area contributed by atoms with Gasteiger partial charge in [-0.05, 0) is 37.1 Å². The fourth-order valence-electron chi connectivity index (χ4n) is 3.89. The van der Waals surface area contributed by atoms with Gasteiger partial charge in [0.05, 0.1) is 5.56 Å². The molecular formula is C24H25F3N2O2. The smallest absolute Gasteiger partial charge is 0.339 e. The van der Waals surface area contributed by atoms with E-state index < -0.39 is 11.7 Å². The van der Waals surface area contributed by atoms with Crippen molar-refractivity contribution in [2.24, 2.45) is 0 Å². The van der Waals surface area contributed by atoms with E-state index >= 15 is 0 Å². The van der Waals surface area contributed by atoms with Gasteiger partial charge in [0, 0.05) is 44.7 Å². The lowest BCUT2D eigenvalue weighted by molar-refractivity contribution is -0.137. The Kier molecular flexibility index (Phi) is 6.53. The largest absolute Gasteiger partial charge is 0.417 e. The van der Waals surface area contributed by atoms with E-state index in [-0.39, 0.29) is 17.4 Å². The van der Waals surface area contributed by atoms with E-state index in [1.165, 1.54) is 25.1 Å². The molecule has 164 valence electrons. The van der Waals surface area contributed by atoms with Crippen LogP contribution in [0.25, 0.3) is 17.2 Å². The molecule has 7 heteroatoms. The number of hydrogen-bond donors (Lipinski definition) is 0. The van der Waals surface area contributed by atoms with Gasteiger partial charge in [-0.15, -0.1) is 0 Å². The molecule has 31 heavy (non-hydrogen) atoms. The maximum Gasteiger partial charge on any atom is 0.417 e. The summed E-state index contributed by atoms with van der Waals surface area (Å²) >= 11 is 0. The van der Waals surface area contributed by atoms with Gasteiger partial charge in [-0.1, -0.05) is 41.5 Å². The monoisotopic (exact) mass is 430 g/mol. The zero-order chi connectivity index (χ0) is 22.8. The molecule has 1 aliphatic rings. The number of carbonyl (C=O) groups excluding carboxylic acids is 2. The molecule has 2 amide bonds. The number of hydrogen-bond acceptors (Lipinski definition) is 2. The predicted molar refractivity (Wildman–Crippen MR) is 114 cm³/mol. The fraction of sp³-hybridized carbons (Fsp3) is 0.333. The van der Waals surface area contributed by atoms with Crippen molar-refractivity contribution in [3.05, 3.63) is 64.7 Å². The summed E-state index contributed by atoms with van der Waals surface area (Å²) in [4.78, 5) is 27.3. The van der Waals surface area contributed by atoms with Gasteiger partial charge in [0.25, 0.3) is 0 Å². The van der Waals surface area contributed by atoms with E-state index in [1.807, 2.05) is 19.9 Å². The molecule has 1 heterocycles. The maximum atomic E-state index is 13.8. The SMILES string of the molecule is CC(=O)N1CCN(C(=O)/C=C/c2cccc(C(F)(F)F)c2-c2cc(C)cc(C)c2)CC1. The van der Waals surface area contributed by atoms with Crippen LogP contribution in [-0.4, -0.2) is 47.8 Å². The molecular weight excluding hydrogens is 405 g/mol. The van der Waals surface area contributed by atoms with Crippen LogP contribution in [0.15, 0.2) is 42.5 Å². The van der Waals surface area contributed by atoms with Gasteiger partial charge >= 0.3 is 6.18 Å². The summed E-state index contributed by atoms with van der Waals surface area (Å²) in [6, 6.07) is 9.34. The average molecular weight is 430 g/mol. The lowest BCUT2D eigenvalue weighted by Crippen LogP contribution is -2.49. The third-order valence-electron chi connectivity index (χ3n) is 5.35. The van der Waals surface area contributed by atoms with Gasteiger partial charge in [0.15, 0.2) is 0 Å². The number of halogens is 3. The van der Waals surface area contributed by atoms with Crippen LogP contribution in [0.3, 0.4) is 0 Å².